The Balaban J connectivity index is 1.69. The molecule has 0 aliphatic carbocycles. The van der Waals surface area contributed by atoms with Crippen LogP contribution in [-0.2, 0) is 0 Å². The van der Waals surface area contributed by atoms with E-state index in [9.17, 15) is 22.8 Å². The fraction of sp³-hybridized carbons (Fsp3) is 0.300. The standard InChI is InChI=1S/C20H18BrF3N2O3/c21-15-10-14(11-17(12-15)29-20(23)24)19(28)26-7-1-6-25(8-9-26)18(27)13-2-4-16(22)5-3-13/h2-5,10-12,20H,1,6-9H2. The van der Waals surface area contributed by atoms with Crippen LogP contribution >= 0.6 is 15.9 Å². The third-order valence-corrected chi connectivity index (χ3v) is 4.96. The molecule has 0 radical (unpaired) electrons. The van der Waals surface area contributed by atoms with Crippen LogP contribution in [0.15, 0.2) is 46.9 Å². The summed E-state index contributed by atoms with van der Waals surface area (Å²) in [5, 5.41) is 0. The number of carbonyl (C=O) groups is 2. The summed E-state index contributed by atoms with van der Waals surface area (Å²) >= 11 is 3.20. The van der Waals surface area contributed by atoms with E-state index < -0.39 is 12.4 Å². The molecule has 0 atom stereocenters. The lowest BCUT2D eigenvalue weighted by Gasteiger charge is -2.22. The van der Waals surface area contributed by atoms with Crippen molar-refractivity contribution in [1.29, 1.82) is 0 Å². The van der Waals surface area contributed by atoms with Crippen molar-refractivity contribution < 1.29 is 27.5 Å². The summed E-state index contributed by atoms with van der Waals surface area (Å²) in [6.07, 6.45) is 0.563. The van der Waals surface area contributed by atoms with Gasteiger partial charge in [-0.3, -0.25) is 9.59 Å². The Hall–Kier alpha value is -2.55. The molecular weight excluding hydrogens is 453 g/mol. The second kappa shape index (κ2) is 9.30. The molecule has 2 amide bonds. The van der Waals surface area contributed by atoms with Gasteiger partial charge in [0.25, 0.3) is 11.8 Å². The first-order valence-corrected chi connectivity index (χ1v) is 9.72. The first-order chi connectivity index (χ1) is 13.8. The Morgan fingerprint density at radius 1 is 0.897 bits per heavy atom. The largest absolute Gasteiger partial charge is 0.435 e. The van der Waals surface area contributed by atoms with Crippen molar-refractivity contribution in [3.63, 3.8) is 0 Å². The summed E-state index contributed by atoms with van der Waals surface area (Å²) in [4.78, 5) is 28.6. The molecule has 1 heterocycles. The summed E-state index contributed by atoms with van der Waals surface area (Å²) in [5.41, 5.74) is 0.597. The van der Waals surface area contributed by atoms with Gasteiger partial charge in [-0.15, -0.1) is 0 Å². The first kappa shape index (κ1) is 21.2. The van der Waals surface area contributed by atoms with Gasteiger partial charge >= 0.3 is 6.61 Å². The number of hydrogen-bond donors (Lipinski definition) is 0. The number of ether oxygens (including phenoxy) is 1. The fourth-order valence-corrected chi connectivity index (χ4v) is 3.61. The van der Waals surface area contributed by atoms with Crippen LogP contribution in [0.4, 0.5) is 13.2 Å². The normalized spacial score (nSPS) is 14.7. The molecule has 0 bridgehead atoms. The molecule has 5 nitrogen and oxygen atoms in total. The van der Waals surface area contributed by atoms with Crippen LogP contribution in [0.25, 0.3) is 0 Å². The summed E-state index contributed by atoms with van der Waals surface area (Å²) in [6.45, 7) is -1.50. The van der Waals surface area contributed by atoms with Gasteiger partial charge in [-0.25, -0.2) is 4.39 Å². The molecule has 0 aromatic heterocycles. The Kier molecular flexibility index (Phi) is 6.79. The molecule has 0 saturated carbocycles. The van der Waals surface area contributed by atoms with Gasteiger partial charge in [-0.2, -0.15) is 8.78 Å². The summed E-state index contributed by atoms with van der Waals surface area (Å²) in [7, 11) is 0. The van der Waals surface area contributed by atoms with Crippen LogP contribution in [0.1, 0.15) is 27.1 Å². The molecular formula is C20H18BrF3N2O3. The van der Waals surface area contributed by atoms with Gasteiger partial charge in [0.1, 0.15) is 11.6 Å². The third-order valence-electron chi connectivity index (χ3n) is 4.50. The Morgan fingerprint density at radius 2 is 1.48 bits per heavy atom. The molecule has 1 saturated heterocycles. The van der Waals surface area contributed by atoms with E-state index in [1.807, 2.05) is 0 Å². The van der Waals surface area contributed by atoms with Crippen molar-refractivity contribution in [2.24, 2.45) is 0 Å². The van der Waals surface area contributed by atoms with E-state index >= 15 is 0 Å². The minimum Gasteiger partial charge on any atom is -0.435 e. The number of carbonyl (C=O) groups excluding carboxylic acids is 2. The summed E-state index contributed by atoms with van der Waals surface area (Å²) in [5.74, 6) is -1.09. The Labute approximate surface area is 174 Å². The van der Waals surface area contributed by atoms with Crippen LogP contribution in [0.3, 0.4) is 0 Å². The van der Waals surface area contributed by atoms with Gasteiger partial charge in [0, 0.05) is 41.8 Å². The average Bonchev–Trinajstić information content (AvgIpc) is 2.92. The highest BCUT2D eigenvalue weighted by atomic mass is 79.9. The fourth-order valence-electron chi connectivity index (χ4n) is 3.14. The number of rotatable bonds is 4. The van der Waals surface area contributed by atoms with E-state index in [4.69, 9.17) is 0 Å². The average molecular weight is 471 g/mol. The first-order valence-electron chi connectivity index (χ1n) is 8.93. The highest BCUT2D eigenvalue weighted by Crippen LogP contribution is 2.24. The number of halogens is 4. The summed E-state index contributed by atoms with van der Waals surface area (Å²) in [6, 6.07) is 9.47. The van der Waals surface area contributed by atoms with Crippen LogP contribution in [0, 0.1) is 5.82 Å². The van der Waals surface area contributed by atoms with Gasteiger partial charge in [-0.05, 0) is 48.9 Å². The molecule has 1 fully saturated rings. The van der Waals surface area contributed by atoms with Gasteiger partial charge in [-0.1, -0.05) is 15.9 Å². The molecule has 154 valence electrons. The highest BCUT2D eigenvalue weighted by Gasteiger charge is 2.24. The van der Waals surface area contributed by atoms with Gasteiger partial charge in [0.2, 0.25) is 0 Å². The molecule has 1 aliphatic rings. The SMILES string of the molecule is O=C(c1ccc(F)cc1)N1CCCN(C(=O)c2cc(Br)cc(OC(F)F)c2)CC1. The minimum atomic E-state index is -2.99. The van der Waals surface area contributed by atoms with Gasteiger partial charge in [0.05, 0.1) is 0 Å². The van der Waals surface area contributed by atoms with Crippen LogP contribution in [0.5, 0.6) is 5.75 Å². The molecule has 2 aromatic carbocycles. The molecule has 2 aromatic rings. The number of amides is 2. The van der Waals surface area contributed by atoms with Crippen molar-refractivity contribution in [3.05, 3.63) is 63.9 Å². The maximum absolute atomic E-state index is 13.1. The lowest BCUT2D eigenvalue weighted by atomic mass is 10.2. The van der Waals surface area contributed by atoms with E-state index in [-0.39, 0.29) is 23.1 Å². The maximum atomic E-state index is 13.1. The third kappa shape index (κ3) is 5.50. The Bertz CT molecular complexity index is 893. The molecule has 3 rings (SSSR count). The van der Waals surface area contributed by atoms with Crippen molar-refractivity contribution >= 4 is 27.7 Å². The lowest BCUT2D eigenvalue weighted by molar-refractivity contribution is -0.0499. The number of benzene rings is 2. The second-order valence-electron chi connectivity index (χ2n) is 6.50. The van der Waals surface area contributed by atoms with Crippen molar-refractivity contribution in [2.75, 3.05) is 26.2 Å². The van der Waals surface area contributed by atoms with Gasteiger partial charge < -0.3 is 14.5 Å². The molecule has 0 spiro atoms. The zero-order valence-corrected chi connectivity index (χ0v) is 16.9. The predicted molar refractivity (Wildman–Crippen MR) is 104 cm³/mol. The highest BCUT2D eigenvalue weighted by molar-refractivity contribution is 9.10. The van der Waals surface area contributed by atoms with E-state index in [1.54, 1.807) is 9.80 Å². The number of nitrogens with zero attached hydrogens (tertiary/aromatic N) is 2. The maximum Gasteiger partial charge on any atom is 0.387 e. The zero-order valence-electron chi connectivity index (χ0n) is 15.3. The van der Waals surface area contributed by atoms with Crippen molar-refractivity contribution in [3.8, 4) is 5.75 Å². The van der Waals surface area contributed by atoms with Crippen molar-refractivity contribution in [2.45, 2.75) is 13.0 Å². The minimum absolute atomic E-state index is 0.110. The second-order valence-corrected chi connectivity index (χ2v) is 7.41. The summed E-state index contributed by atoms with van der Waals surface area (Å²) < 4.78 is 42.9. The molecule has 0 unspecified atom stereocenters. The molecule has 0 N–H and O–H groups in total. The van der Waals surface area contributed by atoms with E-state index in [0.29, 0.717) is 42.6 Å². The van der Waals surface area contributed by atoms with Crippen LogP contribution < -0.4 is 4.74 Å². The molecule has 29 heavy (non-hydrogen) atoms. The number of hydrogen-bond acceptors (Lipinski definition) is 3. The smallest absolute Gasteiger partial charge is 0.387 e. The number of alkyl halides is 2. The topological polar surface area (TPSA) is 49.9 Å². The molecule has 9 heteroatoms. The monoisotopic (exact) mass is 470 g/mol. The lowest BCUT2D eigenvalue weighted by Crippen LogP contribution is -2.37. The Morgan fingerprint density at radius 3 is 2.07 bits per heavy atom. The van der Waals surface area contributed by atoms with E-state index in [0.717, 1.165) is 0 Å². The van der Waals surface area contributed by atoms with E-state index in [1.165, 1.54) is 42.5 Å². The van der Waals surface area contributed by atoms with Crippen molar-refractivity contribution in [1.82, 2.24) is 9.80 Å². The van der Waals surface area contributed by atoms with E-state index in [2.05, 4.69) is 20.7 Å². The van der Waals surface area contributed by atoms with Crippen LogP contribution in [-0.4, -0.2) is 54.4 Å². The van der Waals surface area contributed by atoms with Gasteiger partial charge in [0.15, 0.2) is 0 Å². The molecule has 1 aliphatic heterocycles. The zero-order chi connectivity index (χ0) is 21.0. The van der Waals surface area contributed by atoms with Crippen LogP contribution in [0.2, 0.25) is 0 Å². The quantitative estimate of drug-likeness (QED) is 0.673. The predicted octanol–water partition coefficient (Wildman–Crippen LogP) is 4.18.